The second-order valence-corrected chi connectivity index (χ2v) is 3.88. The highest BCUT2D eigenvalue weighted by Gasteiger charge is 2.14. The molecule has 110 valence electrons. The van der Waals surface area contributed by atoms with E-state index in [9.17, 15) is 10.0 Å². The number of ether oxygens (including phenoxy) is 1. The van der Waals surface area contributed by atoms with Gasteiger partial charge in [-0.3, -0.25) is 4.84 Å². The fraction of sp³-hybridized carbons (Fsp3) is 0.417. The van der Waals surface area contributed by atoms with Gasteiger partial charge in [0.05, 0.1) is 30.7 Å². The van der Waals surface area contributed by atoms with Gasteiger partial charge in [-0.05, 0) is 12.1 Å². The normalized spacial score (nSPS) is 12.7. The molecule has 0 radical (unpaired) electrons. The summed E-state index contributed by atoms with van der Waals surface area (Å²) in [4.78, 5) is 16.5. The van der Waals surface area contributed by atoms with Crippen molar-refractivity contribution in [2.45, 2.75) is 13.2 Å². The number of carbonyl (C=O) groups excluding carboxylic acids is 1. The second kappa shape index (κ2) is 7.95. The highest BCUT2D eigenvalue weighted by atomic mass is 16.8. The van der Waals surface area contributed by atoms with Gasteiger partial charge in [0, 0.05) is 6.92 Å². The van der Waals surface area contributed by atoms with Gasteiger partial charge in [0.1, 0.15) is 0 Å². The zero-order valence-corrected chi connectivity index (χ0v) is 11.3. The molecule has 0 aromatic heterocycles. The van der Waals surface area contributed by atoms with Crippen LogP contribution in [-0.2, 0) is 9.57 Å². The number of likely N-dealkylation sites (N-methyl/N-ethyl adjacent to an activating group) is 1. The molecular formula is C12H17N3O5. The number of hydrogen-bond donors (Lipinski definition) is 1. The first kappa shape index (κ1) is 15.7. The molecule has 0 saturated carbocycles. The van der Waals surface area contributed by atoms with Gasteiger partial charge in [0.15, 0.2) is 0 Å². The Kier molecular flexibility index (Phi) is 6.24. The summed E-state index contributed by atoms with van der Waals surface area (Å²) in [5.41, 5.74) is 0.374. The summed E-state index contributed by atoms with van der Waals surface area (Å²) in [7, 11) is 1.43. The van der Waals surface area contributed by atoms with E-state index in [1.165, 1.54) is 14.0 Å². The highest BCUT2D eigenvalue weighted by molar-refractivity contribution is 5.89. The molecule has 1 N–H and O–H groups in total. The van der Waals surface area contributed by atoms with E-state index in [1.54, 1.807) is 30.3 Å². The smallest absolute Gasteiger partial charge is 0.341 e. The summed E-state index contributed by atoms with van der Waals surface area (Å²) < 4.78 is 4.94. The van der Waals surface area contributed by atoms with Crippen LogP contribution in [0.3, 0.4) is 0 Å². The van der Waals surface area contributed by atoms with Gasteiger partial charge >= 0.3 is 5.97 Å². The van der Waals surface area contributed by atoms with Crippen LogP contribution >= 0.6 is 0 Å². The molecule has 1 unspecified atom stereocenters. The number of carbonyl (C=O) groups is 1. The lowest BCUT2D eigenvalue weighted by Crippen LogP contribution is -2.29. The van der Waals surface area contributed by atoms with Gasteiger partial charge in [-0.15, -0.1) is 5.01 Å². The molecule has 0 heterocycles. The standard InChI is InChI=1S/C12H17N3O5/c1-10(20-13-15(18)14(2)8-9-16)19-12(17)11-6-4-3-5-7-11/h3-7,10,16H,8-9H2,1-2H3. The van der Waals surface area contributed by atoms with Crippen molar-refractivity contribution >= 4 is 5.97 Å². The zero-order chi connectivity index (χ0) is 15.0. The van der Waals surface area contributed by atoms with Crippen LogP contribution in [0, 0.1) is 5.21 Å². The van der Waals surface area contributed by atoms with Crippen molar-refractivity contribution < 1.29 is 24.4 Å². The van der Waals surface area contributed by atoms with Crippen molar-refractivity contribution in [3.63, 3.8) is 0 Å². The van der Waals surface area contributed by atoms with Crippen LogP contribution in [0.1, 0.15) is 17.3 Å². The van der Waals surface area contributed by atoms with Crippen LogP contribution in [0.25, 0.3) is 0 Å². The summed E-state index contributed by atoms with van der Waals surface area (Å²) in [6, 6.07) is 8.38. The Morgan fingerprint density at radius 2 is 2.15 bits per heavy atom. The van der Waals surface area contributed by atoms with Crippen LogP contribution in [0.5, 0.6) is 0 Å². The quantitative estimate of drug-likeness (QED) is 0.263. The van der Waals surface area contributed by atoms with Gasteiger partial charge in [-0.1, -0.05) is 18.2 Å². The number of aliphatic hydroxyl groups excluding tert-OH is 1. The molecule has 0 aliphatic rings. The minimum atomic E-state index is -1.01. The maximum Gasteiger partial charge on any atom is 0.341 e. The molecule has 20 heavy (non-hydrogen) atoms. The van der Waals surface area contributed by atoms with E-state index >= 15 is 0 Å². The molecule has 0 aliphatic heterocycles. The molecule has 1 aromatic carbocycles. The van der Waals surface area contributed by atoms with Crippen molar-refractivity contribution in [1.29, 1.82) is 0 Å². The van der Waals surface area contributed by atoms with Crippen LogP contribution in [0.2, 0.25) is 0 Å². The molecule has 8 nitrogen and oxygen atoms in total. The number of hydrazine groups is 1. The van der Waals surface area contributed by atoms with Crippen molar-refractivity contribution in [2.75, 3.05) is 20.2 Å². The Balaban J connectivity index is 2.46. The third kappa shape index (κ3) is 5.11. The number of nitrogens with zero attached hydrogens (tertiary/aromatic N) is 3. The van der Waals surface area contributed by atoms with Crippen molar-refractivity contribution in [1.82, 2.24) is 5.01 Å². The first-order valence-electron chi connectivity index (χ1n) is 5.96. The largest absolute Gasteiger partial charge is 0.569 e. The fourth-order valence-corrected chi connectivity index (χ4v) is 1.21. The van der Waals surface area contributed by atoms with Gasteiger partial charge in [-0.2, -0.15) is 0 Å². The van der Waals surface area contributed by atoms with Crippen LogP contribution < -0.4 is 0 Å². The molecule has 0 saturated heterocycles. The number of esters is 1. The van der Waals surface area contributed by atoms with Gasteiger partial charge in [-0.25, -0.2) is 4.79 Å². The van der Waals surface area contributed by atoms with Crippen LogP contribution in [0.15, 0.2) is 35.6 Å². The lowest BCUT2D eigenvalue weighted by atomic mass is 10.2. The summed E-state index contributed by atoms with van der Waals surface area (Å²) in [5, 5.41) is 24.2. The van der Waals surface area contributed by atoms with E-state index in [4.69, 9.17) is 14.7 Å². The van der Waals surface area contributed by atoms with Crippen molar-refractivity contribution in [2.24, 2.45) is 5.28 Å². The van der Waals surface area contributed by atoms with E-state index in [1.807, 2.05) is 0 Å². The molecule has 1 rings (SSSR count). The monoisotopic (exact) mass is 283 g/mol. The number of rotatable bonds is 7. The summed E-state index contributed by atoms with van der Waals surface area (Å²) >= 11 is 0. The van der Waals surface area contributed by atoms with Crippen LogP contribution in [-0.4, -0.2) is 47.5 Å². The summed E-state index contributed by atoms with van der Waals surface area (Å²) in [5.74, 6) is -0.575. The Morgan fingerprint density at radius 3 is 2.75 bits per heavy atom. The van der Waals surface area contributed by atoms with Crippen molar-refractivity contribution in [3.05, 3.63) is 41.1 Å². The van der Waals surface area contributed by atoms with E-state index in [-0.39, 0.29) is 18.1 Å². The minimum Gasteiger partial charge on any atom is -0.569 e. The molecule has 0 aliphatic carbocycles. The fourth-order valence-electron chi connectivity index (χ4n) is 1.21. The third-order valence-corrected chi connectivity index (χ3v) is 2.26. The maximum absolute atomic E-state index is 11.7. The van der Waals surface area contributed by atoms with Crippen molar-refractivity contribution in [3.8, 4) is 0 Å². The number of hydrogen-bond acceptors (Lipinski definition) is 6. The molecule has 1 atom stereocenters. The molecule has 1 aromatic rings. The summed E-state index contributed by atoms with van der Waals surface area (Å²) in [6.45, 7) is 1.35. The van der Waals surface area contributed by atoms with E-state index in [0.29, 0.717) is 5.56 Å². The third-order valence-electron chi connectivity index (χ3n) is 2.26. The van der Waals surface area contributed by atoms with Crippen LogP contribution in [0.4, 0.5) is 0 Å². The average Bonchev–Trinajstić information content (AvgIpc) is 2.45. The lowest BCUT2D eigenvalue weighted by Gasteiger charge is -2.13. The van der Waals surface area contributed by atoms with Gasteiger partial charge < -0.3 is 15.1 Å². The van der Waals surface area contributed by atoms with Gasteiger partial charge in [0.25, 0.3) is 6.29 Å². The van der Waals surface area contributed by atoms with E-state index < -0.39 is 12.3 Å². The number of aliphatic hydroxyl groups is 1. The second-order valence-electron chi connectivity index (χ2n) is 3.88. The molecule has 0 spiro atoms. The molecular weight excluding hydrogens is 266 g/mol. The Labute approximate surface area is 116 Å². The predicted molar refractivity (Wildman–Crippen MR) is 68.2 cm³/mol. The van der Waals surface area contributed by atoms with Gasteiger partial charge in [0.2, 0.25) is 5.28 Å². The SMILES string of the molecule is CC(ON=[N+]([O-])N(C)CCO)OC(=O)c1ccccc1. The highest BCUT2D eigenvalue weighted by Crippen LogP contribution is 2.05. The Bertz CT molecular complexity index is 452. The minimum absolute atomic E-state index is 0.106. The van der Waals surface area contributed by atoms with E-state index in [2.05, 4.69) is 5.28 Å². The Morgan fingerprint density at radius 1 is 1.50 bits per heavy atom. The molecule has 0 bridgehead atoms. The summed E-state index contributed by atoms with van der Waals surface area (Å²) in [6.07, 6.45) is -1.01. The number of benzene rings is 1. The zero-order valence-electron chi connectivity index (χ0n) is 11.3. The topological polar surface area (TPSA) is 97.4 Å². The average molecular weight is 283 g/mol. The van der Waals surface area contributed by atoms with E-state index in [0.717, 1.165) is 5.01 Å². The predicted octanol–water partition coefficient (Wildman–Crippen LogP) is 0.923. The Hall–Kier alpha value is -2.35. The molecule has 8 heteroatoms. The first-order chi connectivity index (χ1) is 9.54. The first-order valence-corrected chi connectivity index (χ1v) is 5.96. The molecule has 0 amide bonds. The lowest BCUT2D eigenvalue weighted by molar-refractivity contribution is -0.707. The molecule has 0 fully saturated rings. The maximum atomic E-state index is 11.7.